The van der Waals surface area contributed by atoms with Crippen LogP contribution in [0.25, 0.3) is 11.0 Å². The van der Waals surface area contributed by atoms with Crippen molar-refractivity contribution >= 4 is 16.9 Å². The van der Waals surface area contributed by atoms with E-state index in [0.717, 1.165) is 56.7 Å². The molecule has 7 nitrogen and oxygen atoms in total. The first-order valence-corrected chi connectivity index (χ1v) is 8.99. The topological polar surface area (TPSA) is 67.2 Å². The molecule has 1 aliphatic heterocycles. The number of carbonyl (C=O) groups excluding carboxylic acids is 1. The highest BCUT2D eigenvalue weighted by atomic mass is 16.2. The van der Waals surface area contributed by atoms with Crippen LogP contribution >= 0.6 is 0 Å². The average Bonchev–Trinajstić information content (AvgIpc) is 3.09. The van der Waals surface area contributed by atoms with Gasteiger partial charge in [0.2, 0.25) is 0 Å². The van der Waals surface area contributed by atoms with Gasteiger partial charge in [-0.3, -0.25) is 14.7 Å². The van der Waals surface area contributed by atoms with Gasteiger partial charge >= 0.3 is 0 Å². The molecule has 1 fully saturated rings. The number of imidazole rings is 1. The van der Waals surface area contributed by atoms with E-state index in [4.69, 9.17) is 0 Å². The Labute approximate surface area is 152 Å². The summed E-state index contributed by atoms with van der Waals surface area (Å²) < 4.78 is 2.08. The van der Waals surface area contributed by atoms with Crippen molar-refractivity contribution in [3.63, 3.8) is 0 Å². The fourth-order valence-electron chi connectivity index (χ4n) is 3.30. The summed E-state index contributed by atoms with van der Waals surface area (Å²) in [5, 5.41) is 0. The molecule has 0 radical (unpaired) electrons. The lowest BCUT2D eigenvalue weighted by Crippen LogP contribution is -2.36. The summed E-state index contributed by atoms with van der Waals surface area (Å²) in [6.45, 7) is 5.24. The fraction of sp³-hybridized carbons (Fsp3) is 0.368. The smallest absolute Gasteiger partial charge is 0.274 e. The minimum Gasteiger partial charge on any atom is -0.336 e. The van der Waals surface area contributed by atoms with E-state index < -0.39 is 0 Å². The van der Waals surface area contributed by atoms with Crippen LogP contribution in [-0.2, 0) is 6.54 Å². The maximum absolute atomic E-state index is 12.8. The standard InChI is InChI=1S/C19H22N6O/c26-19(18-14-21-16-4-1-2-5-17(16)22-18)25-8-3-7-23(12-13-25)10-11-24-9-6-20-15-24/h1-2,4-6,9,14-15H,3,7-8,10-13H2. The van der Waals surface area contributed by atoms with Gasteiger partial charge in [0.25, 0.3) is 5.91 Å². The van der Waals surface area contributed by atoms with E-state index in [1.54, 1.807) is 12.4 Å². The van der Waals surface area contributed by atoms with E-state index in [1.165, 1.54) is 0 Å². The molecule has 3 aromatic rings. The minimum atomic E-state index is -0.0280. The Hall–Kier alpha value is -2.80. The van der Waals surface area contributed by atoms with Gasteiger partial charge in [-0.2, -0.15) is 0 Å². The maximum atomic E-state index is 12.8. The third-order valence-corrected chi connectivity index (χ3v) is 4.78. The predicted octanol–water partition coefficient (Wildman–Crippen LogP) is 1.67. The van der Waals surface area contributed by atoms with Crippen molar-refractivity contribution in [2.24, 2.45) is 0 Å². The molecule has 1 aromatic carbocycles. The van der Waals surface area contributed by atoms with Crippen molar-refractivity contribution in [1.29, 1.82) is 0 Å². The molecule has 1 aliphatic rings. The van der Waals surface area contributed by atoms with Crippen LogP contribution in [0.3, 0.4) is 0 Å². The van der Waals surface area contributed by atoms with E-state index >= 15 is 0 Å². The largest absolute Gasteiger partial charge is 0.336 e. The van der Waals surface area contributed by atoms with E-state index in [-0.39, 0.29) is 5.91 Å². The maximum Gasteiger partial charge on any atom is 0.274 e. The number of para-hydroxylation sites is 2. The molecule has 1 amide bonds. The molecule has 3 heterocycles. The molecule has 0 unspecified atom stereocenters. The lowest BCUT2D eigenvalue weighted by Gasteiger charge is -2.21. The number of nitrogens with zero attached hydrogens (tertiary/aromatic N) is 6. The summed E-state index contributed by atoms with van der Waals surface area (Å²) in [5.74, 6) is -0.0280. The number of amides is 1. The summed E-state index contributed by atoms with van der Waals surface area (Å²) in [6.07, 6.45) is 8.18. The highest BCUT2D eigenvalue weighted by molar-refractivity contribution is 5.93. The van der Waals surface area contributed by atoms with E-state index in [0.29, 0.717) is 5.69 Å². The van der Waals surface area contributed by atoms with E-state index in [1.807, 2.05) is 41.7 Å². The summed E-state index contributed by atoms with van der Waals surface area (Å²) in [5.41, 5.74) is 2.00. The SMILES string of the molecule is O=C(c1cnc2ccccc2n1)N1CCCN(CCn2ccnc2)CC1. The third kappa shape index (κ3) is 3.72. The van der Waals surface area contributed by atoms with Crippen molar-refractivity contribution < 1.29 is 4.79 Å². The van der Waals surface area contributed by atoms with Crippen LogP contribution in [-0.4, -0.2) is 67.9 Å². The molecule has 26 heavy (non-hydrogen) atoms. The van der Waals surface area contributed by atoms with Gasteiger partial charge in [-0.25, -0.2) is 9.97 Å². The number of hydrogen-bond donors (Lipinski definition) is 0. The Kier molecular flexibility index (Phi) is 4.88. The van der Waals surface area contributed by atoms with Gasteiger partial charge in [0.15, 0.2) is 0 Å². The second-order valence-corrected chi connectivity index (χ2v) is 6.53. The number of fused-ring (bicyclic) bond motifs is 1. The number of aromatic nitrogens is 4. The van der Waals surface area contributed by atoms with Gasteiger partial charge in [0, 0.05) is 45.1 Å². The minimum absolute atomic E-state index is 0.0280. The van der Waals surface area contributed by atoms with Gasteiger partial charge in [-0.1, -0.05) is 12.1 Å². The lowest BCUT2D eigenvalue weighted by atomic mass is 10.2. The van der Waals surface area contributed by atoms with Crippen LogP contribution in [0.5, 0.6) is 0 Å². The fourth-order valence-corrected chi connectivity index (χ4v) is 3.30. The van der Waals surface area contributed by atoms with Gasteiger partial charge in [0.1, 0.15) is 5.69 Å². The van der Waals surface area contributed by atoms with Crippen LogP contribution in [0.4, 0.5) is 0 Å². The zero-order valence-electron chi connectivity index (χ0n) is 14.7. The predicted molar refractivity (Wildman–Crippen MR) is 98.7 cm³/mol. The molecular formula is C19H22N6O. The van der Waals surface area contributed by atoms with Crippen molar-refractivity contribution in [2.45, 2.75) is 13.0 Å². The molecule has 0 atom stereocenters. The number of hydrogen-bond acceptors (Lipinski definition) is 5. The second kappa shape index (κ2) is 7.61. The summed E-state index contributed by atoms with van der Waals surface area (Å²) >= 11 is 0. The normalized spacial score (nSPS) is 15.9. The molecule has 0 aliphatic carbocycles. The third-order valence-electron chi connectivity index (χ3n) is 4.78. The zero-order chi connectivity index (χ0) is 17.8. The highest BCUT2D eigenvalue weighted by Gasteiger charge is 2.21. The number of carbonyl (C=O) groups is 1. The molecule has 134 valence electrons. The molecule has 0 bridgehead atoms. The Balaban J connectivity index is 1.38. The van der Waals surface area contributed by atoms with Crippen LogP contribution < -0.4 is 0 Å². The van der Waals surface area contributed by atoms with Crippen molar-refractivity contribution in [2.75, 3.05) is 32.7 Å². The highest BCUT2D eigenvalue weighted by Crippen LogP contribution is 2.12. The van der Waals surface area contributed by atoms with Crippen LogP contribution in [0.1, 0.15) is 16.9 Å². The summed E-state index contributed by atoms with van der Waals surface area (Å²) in [6, 6.07) is 7.63. The van der Waals surface area contributed by atoms with Gasteiger partial charge in [-0.15, -0.1) is 0 Å². The Morgan fingerprint density at radius 1 is 1.04 bits per heavy atom. The van der Waals surface area contributed by atoms with Gasteiger partial charge < -0.3 is 9.47 Å². The molecule has 0 saturated carbocycles. The van der Waals surface area contributed by atoms with Crippen LogP contribution in [0.15, 0.2) is 49.2 Å². The Morgan fingerprint density at radius 3 is 2.77 bits per heavy atom. The van der Waals surface area contributed by atoms with E-state index in [9.17, 15) is 4.79 Å². The average molecular weight is 350 g/mol. The molecular weight excluding hydrogens is 328 g/mol. The van der Waals surface area contributed by atoms with Crippen LogP contribution in [0, 0.1) is 0 Å². The monoisotopic (exact) mass is 350 g/mol. The van der Waals surface area contributed by atoms with E-state index in [2.05, 4.69) is 24.4 Å². The summed E-state index contributed by atoms with van der Waals surface area (Å²) in [4.78, 5) is 30.1. The first-order chi connectivity index (χ1) is 12.8. The number of rotatable bonds is 4. The molecule has 0 N–H and O–H groups in total. The Morgan fingerprint density at radius 2 is 1.92 bits per heavy atom. The van der Waals surface area contributed by atoms with Crippen LogP contribution in [0.2, 0.25) is 0 Å². The first-order valence-electron chi connectivity index (χ1n) is 8.99. The van der Waals surface area contributed by atoms with Gasteiger partial charge in [-0.05, 0) is 25.1 Å². The molecule has 2 aromatic heterocycles. The van der Waals surface area contributed by atoms with Crippen molar-refractivity contribution in [3.8, 4) is 0 Å². The summed E-state index contributed by atoms with van der Waals surface area (Å²) in [7, 11) is 0. The lowest BCUT2D eigenvalue weighted by molar-refractivity contribution is 0.0755. The molecule has 4 rings (SSSR count). The molecule has 7 heteroatoms. The quantitative estimate of drug-likeness (QED) is 0.716. The Bertz CT molecular complexity index is 879. The van der Waals surface area contributed by atoms with Crippen molar-refractivity contribution in [1.82, 2.24) is 29.3 Å². The second-order valence-electron chi connectivity index (χ2n) is 6.53. The van der Waals surface area contributed by atoms with Gasteiger partial charge in [0.05, 0.1) is 23.6 Å². The molecule has 0 spiro atoms. The molecule has 1 saturated heterocycles. The number of benzene rings is 1. The first kappa shape index (κ1) is 16.7. The van der Waals surface area contributed by atoms with Crippen molar-refractivity contribution in [3.05, 3.63) is 54.9 Å². The zero-order valence-corrected chi connectivity index (χ0v) is 14.7.